The lowest BCUT2D eigenvalue weighted by molar-refractivity contribution is -0.119. The first-order chi connectivity index (χ1) is 18.2. The van der Waals surface area contributed by atoms with Gasteiger partial charge in [0, 0.05) is 10.9 Å². The van der Waals surface area contributed by atoms with Crippen molar-refractivity contribution in [2.75, 3.05) is 17.5 Å². The van der Waals surface area contributed by atoms with Gasteiger partial charge in [0.05, 0.1) is 22.9 Å². The summed E-state index contributed by atoms with van der Waals surface area (Å²) in [5, 5.41) is 16.4. The second kappa shape index (κ2) is 11.4. The highest BCUT2D eigenvalue weighted by molar-refractivity contribution is 7.92. The van der Waals surface area contributed by atoms with Gasteiger partial charge in [-0.2, -0.15) is 5.10 Å². The number of nitrogens with one attached hydrogen (secondary N) is 1. The third kappa shape index (κ3) is 5.78. The Labute approximate surface area is 222 Å². The molecule has 2 N–H and O–H groups in total. The molecule has 0 bridgehead atoms. The molecule has 0 radical (unpaired) electrons. The topological polar surface area (TPSA) is 108 Å². The van der Waals surface area contributed by atoms with Gasteiger partial charge in [0.15, 0.2) is 0 Å². The van der Waals surface area contributed by atoms with Gasteiger partial charge in [0.1, 0.15) is 18.0 Å². The van der Waals surface area contributed by atoms with Crippen LogP contribution in [0.25, 0.3) is 10.8 Å². The Morgan fingerprint density at radius 1 is 0.974 bits per heavy atom. The van der Waals surface area contributed by atoms with Gasteiger partial charge in [-0.05, 0) is 68.6 Å². The predicted octanol–water partition coefficient (Wildman–Crippen LogP) is 4.99. The van der Waals surface area contributed by atoms with Crippen LogP contribution in [0.5, 0.6) is 11.5 Å². The number of carbonyl (C=O) groups is 1. The number of nitrogens with zero attached hydrogens (tertiary/aromatic N) is 2. The Kier molecular flexibility index (Phi) is 7.97. The molecule has 0 heterocycles. The molecule has 0 spiro atoms. The Hall–Kier alpha value is -4.37. The van der Waals surface area contributed by atoms with Crippen molar-refractivity contribution in [1.29, 1.82) is 0 Å². The molecule has 38 heavy (non-hydrogen) atoms. The fourth-order valence-electron chi connectivity index (χ4n) is 3.95. The average Bonchev–Trinajstić information content (AvgIpc) is 2.92. The molecule has 0 aliphatic rings. The first-order valence-corrected chi connectivity index (χ1v) is 13.5. The third-order valence-electron chi connectivity index (χ3n) is 5.97. The van der Waals surface area contributed by atoms with Crippen molar-refractivity contribution >= 4 is 38.1 Å². The first-order valence-electron chi connectivity index (χ1n) is 12.1. The number of phenolic OH excluding ortho intramolecular Hbond substituents is 1. The molecule has 196 valence electrons. The van der Waals surface area contributed by atoms with E-state index in [4.69, 9.17) is 4.74 Å². The van der Waals surface area contributed by atoms with Crippen molar-refractivity contribution in [3.63, 3.8) is 0 Å². The summed E-state index contributed by atoms with van der Waals surface area (Å²) in [6.07, 6.45) is 0. The summed E-state index contributed by atoms with van der Waals surface area (Å²) in [5.41, 5.74) is 4.55. The predicted molar refractivity (Wildman–Crippen MR) is 149 cm³/mol. The van der Waals surface area contributed by atoms with Crippen LogP contribution in [0.15, 0.2) is 94.9 Å². The van der Waals surface area contributed by atoms with Gasteiger partial charge in [-0.1, -0.05) is 48.0 Å². The van der Waals surface area contributed by atoms with Crippen LogP contribution in [-0.2, 0) is 14.8 Å². The number of hydrogen-bond donors (Lipinski definition) is 2. The standard InChI is InChI=1S/C29H29N3O5S/c1-4-37-24-14-16-25(17-15-24)38(35,36)32(23-12-9-20(2)10-13-23)19-28(33)31-30-21(3)26-18-11-22-7-5-6-8-27(22)29(26)34/h5-18,34H,4,19H2,1-3H3,(H,31,33)/b30-21+. The van der Waals surface area contributed by atoms with Crippen molar-refractivity contribution in [2.45, 2.75) is 25.7 Å². The number of hydrazone groups is 1. The Bertz CT molecular complexity index is 1580. The summed E-state index contributed by atoms with van der Waals surface area (Å²) in [6, 6.07) is 23.9. The van der Waals surface area contributed by atoms with Gasteiger partial charge in [0.25, 0.3) is 15.9 Å². The maximum atomic E-state index is 13.6. The van der Waals surface area contributed by atoms with Crippen LogP contribution < -0.4 is 14.5 Å². The van der Waals surface area contributed by atoms with Crippen molar-refractivity contribution in [3.8, 4) is 11.5 Å². The quantitative estimate of drug-likeness (QED) is 0.234. The van der Waals surface area contributed by atoms with Crippen molar-refractivity contribution < 1.29 is 23.1 Å². The van der Waals surface area contributed by atoms with E-state index in [0.29, 0.717) is 34.7 Å². The van der Waals surface area contributed by atoms with E-state index in [1.54, 1.807) is 55.5 Å². The second-order valence-electron chi connectivity index (χ2n) is 8.67. The smallest absolute Gasteiger partial charge is 0.264 e. The lowest BCUT2D eigenvalue weighted by atomic mass is 10.0. The molecule has 9 heteroatoms. The molecule has 0 atom stereocenters. The summed E-state index contributed by atoms with van der Waals surface area (Å²) in [4.78, 5) is 13.0. The molecule has 1 amide bonds. The lowest BCUT2D eigenvalue weighted by Gasteiger charge is -2.24. The largest absolute Gasteiger partial charge is 0.507 e. The summed E-state index contributed by atoms with van der Waals surface area (Å²) >= 11 is 0. The Balaban J connectivity index is 1.59. The molecule has 0 aliphatic carbocycles. The number of phenols is 1. The SMILES string of the molecule is CCOc1ccc(S(=O)(=O)N(CC(=O)N/N=C(\C)c2ccc3ccccc3c2O)c2ccc(C)cc2)cc1. The molecule has 0 aromatic heterocycles. The number of benzene rings is 4. The van der Waals surface area contributed by atoms with Crippen LogP contribution in [0.3, 0.4) is 0 Å². The zero-order chi connectivity index (χ0) is 27.3. The molecular formula is C29H29N3O5S. The number of amides is 1. The number of aryl methyl sites for hydroxylation is 1. The zero-order valence-corrected chi connectivity index (χ0v) is 22.2. The van der Waals surface area contributed by atoms with Crippen molar-refractivity contribution in [2.24, 2.45) is 5.10 Å². The van der Waals surface area contributed by atoms with Crippen LogP contribution in [0.4, 0.5) is 5.69 Å². The highest BCUT2D eigenvalue weighted by atomic mass is 32.2. The number of aromatic hydroxyl groups is 1. The van der Waals surface area contributed by atoms with E-state index in [9.17, 15) is 18.3 Å². The van der Waals surface area contributed by atoms with Crippen LogP contribution in [0.1, 0.15) is 25.0 Å². The maximum Gasteiger partial charge on any atom is 0.264 e. The maximum absolute atomic E-state index is 13.6. The van der Waals surface area contributed by atoms with Gasteiger partial charge in [0.2, 0.25) is 0 Å². The molecule has 0 fully saturated rings. The molecule has 0 aliphatic heterocycles. The third-order valence-corrected chi connectivity index (χ3v) is 7.76. The summed E-state index contributed by atoms with van der Waals surface area (Å²) < 4.78 is 33.6. The minimum atomic E-state index is -4.09. The second-order valence-corrected chi connectivity index (χ2v) is 10.5. The summed E-state index contributed by atoms with van der Waals surface area (Å²) in [7, 11) is -4.09. The lowest BCUT2D eigenvalue weighted by Crippen LogP contribution is -2.39. The molecule has 0 saturated heterocycles. The zero-order valence-electron chi connectivity index (χ0n) is 21.4. The number of rotatable bonds is 9. The van der Waals surface area contributed by atoms with Crippen LogP contribution in [0.2, 0.25) is 0 Å². The number of fused-ring (bicyclic) bond motifs is 1. The minimum absolute atomic E-state index is 0.0232. The number of ether oxygens (including phenoxy) is 1. The van der Waals surface area contributed by atoms with Gasteiger partial charge >= 0.3 is 0 Å². The highest BCUT2D eigenvalue weighted by Gasteiger charge is 2.27. The molecule has 4 rings (SSSR count). The van der Waals surface area contributed by atoms with E-state index in [2.05, 4.69) is 10.5 Å². The average molecular weight is 532 g/mol. The Morgan fingerprint density at radius 3 is 2.34 bits per heavy atom. The fraction of sp³-hybridized carbons (Fsp3) is 0.172. The fourth-order valence-corrected chi connectivity index (χ4v) is 5.37. The van der Waals surface area contributed by atoms with Gasteiger partial charge in [-0.3, -0.25) is 9.10 Å². The number of hydrogen-bond acceptors (Lipinski definition) is 6. The molecular weight excluding hydrogens is 502 g/mol. The van der Waals surface area contributed by atoms with Gasteiger partial charge in [-0.15, -0.1) is 0 Å². The minimum Gasteiger partial charge on any atom is -0.507 e. The van der Waals surface area contributed by atoms with Gasteiger partial charge in [-0.25, -0.2) is 13.8 Å². The van der Waals surface area contributed by atoms with Crippen LogP contribution in [-0.4, -0.2) is 38.3 Å². The van der Waals surface area contributed by atoms with Crippen LogP contribution in [0, 0.1) is 6.92 Å². The van der Waals surface area contributed by atoms with Crippen molar-refractivity contribution in [1.82, 2.24) is 5.43 Å². The van der Waals surface area contributed by atoms with Gasteiger partial charge < -0.3 is 9.84 Å². The Morgan fingerprint density at radius 2 is 1.66 bits per heavy atom. The highest BCUT2D eigenvalue weighted by Crippen LogP contribution is 2.29. The van der Waals surface area contributed by atoms with E-state index < -0.39 is 22.5 Å². The van der Waals surface area contributed by atoms with Crippen molar-refractivity contribution in [3.05, 3.63) is 96.1 Å². The van der Waals surface area contributed by atoms with E-state index in [-0.39, 0.29) is 10.6 Å². The van der Waals surface area contributed by atoms with E-state index >= 15 is 0 Å². The first kappa shape index (κ1) is 26.7. The molecule has 0 unspecified atom stereocenters. The monoisotopic (exact) mass is 531 g/mol. The van der Waals surface area contributed by atoms with Crippen LogP contribution >= 0.6 is 0 Å². The summed E-state index contributed by atoms with van der Waals surface area (Å²) in [5.74, 6) is -0.0366. The molecule has 8 nitrogen and oxygen atoms in total. The molecule has 4 aromatic carbocycles. The van der Waals surface area contributed by atoms with E-state index in [1.165, 1.54) is 12.1 Å². The summed E-state index contributed by atoms with van der Waals surface area (Å²) in [6.45, 7) is 5.34. The normalized spacial score (nSPS) is 11.8. The molecule has 4 aromatic rings. The van der Waals surface area contributed by atoms with E-state index in [0.717, 1.165) is 15.3 Å². The molecule has 0 saturated carbocycles. The number of sulfonamides is 1. The van der Waals surface area contributed by atoms with E-state index in [1.807, 2.05) is 38.1 Å². The number of anilines is 1. The number of carbonyl (C=O) groups excluding carboxylic acids is 1.